The molecule has 1 saturated heterocycles. The van der Waals surface area contributed by atoms with E-state index in [1.807, 2.05) is 27.7 Å². The van der Waals surface area contributed by atoms with Gasteiger partial charge in [-0.05, 0) is 58.7 Å². The number of aliphatic carboxylic acids is 2. The molecule has 0 bridgehead atoms. The van der Waals surface area contributed by atoms with Crippen molar-refractivity contribution in [3.05, 3.63) is 23.8 Å². The van der Waals surface area contributed by atoms with Crippen molar-refractivity contribution >= 4 is 41.0 Å². The van der Waals surface area contributed by atoms with Gasteiger partial charge in [-0.25, -0.2) is 9.59 Å². The number of carbonyl (C=O) groups excluding carboxylic acids is 3. The van der Waals surface area contributed by atoms with E-state index in [1.54, 1.807) is 0 Å². The molecule has 2 rings (SSSR count). The SMILES string of the molecule is CC1(C)CC(NC(=O)c2cc(NC(=O)C(=O)O)cc(NC(=O)C(=O)O)c2)CC(C)(C)N1O. The van der Waals surface area contributed by atoms with Gasteiger partial charge in [-0.3, -0.25) is 14.4 Å². The van der Waals surface area contributed by atoms with E-state index in [0.717, 1.165) is 6.07 Å². The van der Waals surface area contributed by atoms with Crippen molar-refractivity contribution in [3.63, 3.8) is 0 Å². The summed E-state index contributed by atoms with van der Waals surface area (Å²) in [6.07, 6.45) is 0.855. The maximum atomic E-state index is 12.9. The monoisotopic (exact) mass is 450 g/mol. The number of carboxylic acid groups (broad SMARTS) is 2. The molecule has 1 aromatic rings. The number of hydroxylamine groups is 2. The Morgan fingerprint density at radius 3 is 1.62 bits per heavy atom. The Morgan fingerprint density at radius 1 is 0.844 bits per heavy atom. The molecule has 12 heteroatoms. The Balaban J connectivity index is 2.32. The zero-order valence-electron chi connectivity index (χ0n) is 18.1. The lowest BCUT2D eigenvalue weighted by atomic mass is 9.79. The highest BCUT2D eigenvalue weighted by Crippen LogP contribution is 2.36. The molecule has 0 atom stereocenters. The van der Waals surface area contributed by atoms with Crippen molar-refractivity contribution in [2.75, 3.05) is 10.6 Å². The molecule has 3 amide bonds. The van der Waals surface area contributed by atoms with Crippen LogP contribution in [0.25, 0.3) is 0 Å². The Labute approximate surface area is 183 Å². The van der Waals surface area contributed by atoms with Gasteiger partial charge >= 0.3 is 23.8 Å². The number of nitrogens with zero attached hydrogens (tertiary/aromatic N) is 1. The number of carbonyl (C=O) groups is 5. The first kappa shape index (κ1) is 24.8. The second kappa shape index (κ2) is 8.93. The van der Waals surface area contributed by atoms with Crippen molar-refractivity contribution in [1.29, 1.82) is 0 Å². The third kappa shape index (κ3) is 5.80. The number of hydrogen-bond acceptors (Lipinski definition) is 7. The van der Waals surface area contributed by atoms with Gasteiger partial charge in [0, 0.05) is 34.1 Å². The van der Waals surface area contributed by atoms with Crippen molar-refractivity contribution in [3.8, 4) is 0 Å². The van der Waals surface area contributed by atoms with Crippen molar-refractivity contribution in [2.24, 2.45) is 0 Å². The number of piperidine rings is 1. The van der Waals surface area contributed by atoms with Crippen molar-refractivity contribution in [2.45, 2.75) is 57.7 Å². The number of nitrogens with one attached hydrogen (secondary N) is 3. The normalized spacial score (nSPS) is 17.8. The molecule has 0 radical (unpaired) electrons. The molecular formula is C20H26N4O8. The predicted molar refractivity (Wildman–Crippen MR) is 111 cm³/mol. The summed E-state index contributed by atoms with van der Waals surface area (Å²) in [6.45, 7) is 7.31. The van der Waals surface area contributed by atoms with Gasteiger partial charge in [0.2, 0.25) is 0 Å². The molecule has 0 aromatic heterocycles. The lowest BCUT2D eigenvalue weighted by Crippen LogP contribution is -2.62. The molecule has 174 valence electrons. The summed E-state index contributed by atoms with van der Waals surface area (Å²) in [5.74, 6) is -6.88. The van der Waals surface area contributed by atoms with Gasteiger partial charge in [0.25, 0.3) is 5.91 Å². The van der Waals surface area contributed by atoms with Gasteiger partial charge < -0.3 is 31.4 Å². The fourth-order valence-corrected chi connectivity index (χ4v) is 3.91. The Morgan fingerprint density at radius 2 is 1.25 bits per heavy atom. The molecule has 12 nitrogen and oxygen atoms in total. The molecule has 1 aliphatic rings. The first-order valence-electron chi connectivity index (χ1n) is 9.66. The molecule has 1 heterocycles. The van der Waals surface area contributed by atoms with Crippen LogP contribution in [0.5, 0.6) is 0 Å². The van der Waals surface area contributed by atoms with Crippen molar-refractivity contribution in [1.82, 2.24) is 10.4 Å². The third-order valence-corrected chi connectivity index (χ3v) is 5.07. The average molecular weight is 450 g/mol. The Hall–Kier alpha value is -3.51. The van der Waals surface area contributed by atoms with Crippen LogP contribution in [0.15, 0.2) is 18.2 Å². The maximum absolute atomic E-state index is 12.9. The minimum absolute atomic E-state index is 0.0454. The smallest absolute Gasteiger partial charge is 0.394 e. The zero-order chi connectivity index (χ0) is 24.4. The van der Waals surface area contributed by atoms with Crippen LogP contribution in [0, 0.1) is 0 Å². The van der Waals surface area contributed by atoms with E-state index < -0.39 is 40.7 Å². The summed E-state index contributed by atoms with van der Waals surface area (Å²) in [7, 11) is 0. The van der Waals surface area contributed by atoms with Crippen LogP contribution >= 0.6 is 0 Å². The minimum atomic E-state index is -1.77. The van der Waals surface area contributed by atoms with E-state index in [1.165, 1.54) is 17.2 Å². The number of carboxylic acids is 2. The van der Waals surface area contributed by atoms with Gasteiger partial charge in [0.1, 0.15) is 0 Å². The van der Waals surface area contributed by atoms with Gasteiger partial charge in [-0.15, -0.1) is 0 Å². The van der Waals surface area contributed by atoms with E-state index in [4.69, 9.17) is 10.2 Å². The molecule has 32 heavy (non-hydrogen) atoms. The summed E-state index contributed by atoms with van der Waals surface area (Å²) in [4.78, 5) is 57.6. The predicted octanol–water partition coefficient (Wildman–Crippen LogP) is 0.873. The lowest BCUT2D eigenvalue weighted by Gasteiger charge is -2.51. The number of hydrogen-bond donors (Lipinski definition) is 6. The topological polar surface area (TPSA) is 185 Å². The number of amides is 3. The fourth-order valence-electron chi connectivity index (χ4n) is 3.91. The molecule has 1 aliphatic heterocycles. The first-order chi connectivity index (χ1) is 14.6. The van der Waals surface area contributed by atoms with Crippen LogP contribution in [0.3, 0.4) is 0 Å². The summed E-state index contributed by atoms with van der Waals surface area (Å²) in [5.41, 5.74) is -1.56. The molecular weight excluding hydrogens is 424 g/mol. The summed E-state index contributed by atoms with van der Waals surface area (Å²) in [5, 5.41) is 36.2. The molecule has 0 aliphatic carbocycles. The van der Waals surface area contributed by atoms with Crippen LogP contribution < -0.4 is 16.0 Å². The average Bonchev–Trinajstić information content (AvgIpc) is 2.65. The summed E-state index contributed by atoms with van der Waals surface area (Å²) < 4.78 is 0. The van der Waals surface area contributed by atoms with Gasteiger partial charge in [-0.1, -0.05) is 0 Å². The van der Waals surface area contributed by atoms with Crippen LogP contribution in [0.4, 0.5) is 11.4 Å². The molecule has 0 spiro atoms. The first-order valence-corrected chi connectivity index (χ1v) is 9.66. The fraction of sp³-hybridized carbons (Fsp3) is 0.450. The molecule has 0 unspecified atom stereocenters. The van der Waals surface area contributed by atoms with Crippen LogP contribution in [-0.4, -0.2) is 67.3 Å². The standard InChI is InChI=1S/C20H26N4O8/c1-19(2)8-13(9-20(3,4)24(19)32)23-14(25)10-5-11(21-15(26)17(28)29)7-12(6-10)22-16(27)18(30)31/h5-7,13,32H,8-9H2,1-4H3,(H,21,26)(H,22,27)(H,23,25)(H,28,29)(H,30,31). The highest BCUT2D eigenvalue weighted by atomic mass is 16.5. The molecule has 1 aromatic carbocycles. The number of rotatable bonds is 4. The van der Waals surface area contributed by atoms with Gasteiger partial charge in [0.15, 0.2) is 0 Å². The quantitative estimate of drug-likeness (QED) is 0.362. The Bertz CT molecular complexity index is 908. The van der Waals surface area contributed by atoms with E-state index in [9.17, 15) is 29.2 Å². The second-order valence-corrected chi connectivity index (χ2v) is 8.83. The van der Waals surface area contributed by atoms with E-state index in [0.29, 0.717) is 12.8 Å². The summed E-state index contributed by atoms with van der Waals surface area (Å²) >= 11 is 0. The van der Waals surface area contributed by atoms with E-state index in [2.05, 4.69) is 16.0 Å². The van der Waals surface area contributed by atoms with Crippen LogP contribution in [0.1, 0.15) is 50.9 Å². The summed E-state index contributed by atoms with van der Waals surface area (Å²) in [6, 6.07) is 3.19. The van der Waals surface area contributed by atoms with E-state index >= 15 is 0 Å². The Kier molecular flexibility index (Phi) is 6.90. The highest BCUT2D eigenvalue weighted by molar-refractivity contribution is 6.37. The van der Waals surface area contributed by atoms with Crippen LogP contribution in [-0.2, 0) is 19.2 Å². The van der Waals surface area contributed by atoms with Gasteiger partial charge in [-0.2, -0.15) is 5.06 Å². The largest absolute Gasteiger partial charge is 0.474 e. The molecule has 0 saturated carbocycles. The zero-order valence-corrected chi connectivity index (χ0v) is 18.1. The lowest BCUT2D eigenvalue weighted by molar-refractivity contribution is -0.245. The van der Waals surface area contributed by atoms with Crippen LogP contribution in [0.2, 0.25) is 0 Å². The number of anilines is 2. The second-order valence-electron chi connectivity index (χ2n) is 8.83. The third-order valence-electron chi connectivity index (χ3n) is 5.07. The van der Waals surface area contributed by atoms with Gasteiger partial charge in [0.05, 0.1) is 0 Å². The number of benzene rings is 1. The van der Waals surface area contributed by atoms with E-state index in [-0.39, 0.29) is 23.0 Å². The minimum Gasteiger partial charge on any atom is -0.474 e. The molecule has 1 fully saturated rings. The molecule has 6 N–H and O–H groups in total. The maximum Gasteiger partial charge on any atom is 0.394 e. The van der Waals surface area contributed by atoms with Crippen molar-refractivity contribution < 1.29 is 39.4 Å². The highest BCUT2D eigenvalue weighted by Gasteiger charge is 2.45.